The summed E-state index contributed by atoms with van der Waals surface area (Å²) in [5.74, 6) is 0. The van der Waals surface area contributed by atoms with E-state index in [2.05, 4.69) is 4.98 Å². The molecule has 2 nitrogen and oxygen atoms in total. The number of hydrogen-bond donors (Lipinski definition) is 1. The van der Waals surface area contributed by atoms with Crippen molar-refractivity contribution >= 4 is 22.5 Å². The maximum absolute atomic E-state index is 12.4. The van der Waals surface area contributed by atoms with Crippen LogP contribution in [0.5, 0.6) is 0 Å². The van der Waals surface area contributed by atoms with E-state index in [9.17, 15) is 4.79 Å². The molecule has 1 aromatic heterocycles. The van der Waals surface area contributed by atoms with Gasteiger partial charge in [-0.2, -0.15) is 0 Å². The quantitative estimate of drug-likeness (QED) is 0.761. The van der Waals surface area contributed by atoms with E-state index in [0.717, 1.165) is 47.0 Å². The van der Waals surface area contributed by atoms with Crippen LogP contribution in [0.25, 0.3) is 10.9 Å². The molecule has 0 bridgehead atoms. The Morgan fingerprint density at radius 2 is 2.00 bits per heavy atom. The van der Waals surface area contributed by atoms with Gasteiger partial charge < -0.3 is 4.98 Å². The number of aryl methyl sites for hydroxylation is 2. The monoisotopic (exact) mass is 247 g/mol. The Morgan fingerprint density at radius 3 is 2.82 bits per heavy atom. The van der Waals surface area contributed by atoms with E-state index in [1.807, 2.05) is 13.0 Å². The molecule has 0 unspecified atom stereocenters. The fourth-order valence-electron chi connectivity index (χ4n) is 2.70. The highest BCUT2D eigenvalue weighted by atomic mass is 35.5. The van der Waals surface area contributed by atoms with E-state index in [-0.39, 0.29) is 5.43 Å². The molecular weight excluding hydrogens is 234 g/mol. The molecule has 1 aliphatic carbocycles. The van der Waals surface area contributed by atoms with Crippen LogP contribution < -0.4 is 5.43 Å². The summed E-state index contributed by atoms with van der Waals surface area (Å²) in [6.45, 7) is 1.99. The van der Waals surface area contributed by atoms with Gasteiger partial charge in [0, 0.05) is 21.7 Å². The molecule has 0 fully saturated rings. The van der Waals surface area contributed by atoms with Gasteiger partial charge in [-0.3, -0.25) is 4.79 Å². The van der Waals surface area contributed by atoms with Crippen LogP contribution in [-0.4, -0.2) is 4.98 Å². The van der Waals surface area contributed by atoms with Gasteiger partial charge in [-0.15, -0.1) is 0 Å². The summed E-state index contributed by atoms with van der Waals surface area (Å²) in [5.41, 5.74) is 4.24. The Labute approximate surface area is 105 Å². The third-order valence-corrected chi connectivity index (χ3v) is 3.78. The molecule has 0 saturated heterocycles. The van der Waals surface area contributed by atoms with E-state index in [0.29, 0.717) is 5.02 Å². The number of nitrogens with one attached hydrogen (secondary N) is 1. The van der Waals surface area contributed by atoms with Gasteiger partial charge in [-0.05, 0) is 50.3 Å². The molecule has 0 saturated carbocycles. The molecule has 1 N–H and O–H groups in total. The first-order chi connectivity index (χ1) is 8.16. The van der Waals surface area contributed by atoms with Crippen molar-refractivity contribution in [1.82, 2.24) is 4.98 Å². The maximum Gasteiger partial charge on any atom is 0.192 e. The molecule has 3 heteroatoms. The highest BCUT2D eigenvalue weighted by Crippen LogP contribution is 2.24. The Hall–Kier alpha value is -1.28. The molecule has 0 aliphatic heterocycles. The standard InChI is InChI=1S/C14H14ClNO/c1-8-6-9(15)7-11-13(8)16-12-5-3-2-4-10(12)14(11)17/h6-7H,2-5H2,1H3,(H,16,17). The predicted molar refractivity (Wildman–Crippen MR) is 71.0 cm³/mol. The van der Waals surface area contributed by atoms with Crippen molar-refractivity contribution in [2.75, 3.05) is 0 Å². The second-order valence-corrected chi connectivity index (χ2v) is 5.20. The molecule has 1 heterocycles. The third kappa shape index (κ3) is 1.67. The number of pyridine rings is 1. The fourth-order valence-corrected chi connectivity index (χ4v) is 2.97. The van der Waals surface area contributed by atoms with Gasteiger partial charge in [0.1, 0.15) is 0 Å². The first-order valence-corrected chi connectivity index (χ1v) is 6.38. The number of rotatable bonds is 0. The molecule has 0 amide bonds. The lowest BCUT2D eigenvalue weighted by Gasteiger charge is -2.16. The molecule has 0 atom stereocenters. The normalized spacial score (nSPS) is 14.9. The maximum atomic E-state index is 12.4. The molecule has 0 radical (unpaired) electrons. The average Bonchev–Trinajstić information content (AvgIpc) is 2.31. The number of H-pyrrole nitrogens is 1. The van der Waals surface area contributed by atoms with Gasteiger partial charge in [0.25, 0.3) is 0 Å². The second kappa shape index (κ2) is 3.88. The lowest BCUT2D eigenvalue weighted by Crippen LogP contribution is -2.18. The van der Waals surface area contributed by atoms with Crippen LogP contribution in [0.2, 0.25) is 5.02 Å². The smallest absolute Gasteiger partial charge is 0.192 e. The Kier molecular flexibility index (Phi) is 2.48. The molecule has 2 aromatic rings. The van der Waals surface area contributed by atoms with Crippen molar-refractivity contribution in [2.24, 2.45) is 0 Å². The topological polar surface area (TPSA) is 32.9 Å². The number of hydrogen-bond acceptors (Lipinski definition) is 1. The van der Waals surface area contributed by atoms with Gasteiger partial charge in [0.15, 0.2) is 5.43 Å². The largest absolute Gasteiger partial charge is 0.358 e. The highest BCUT2D eigenvalue weighted by molar-refractivity contribution is 6.31. The van der Waals surface area contributed by atoms with Gasteiger partial charge >= 0.3 is 0 Å². The van der Waals surface area contributed by atoms with E-state index in [4.69, 9.17) is 11.6 Å². The SMILES string of the molecule is Cc1cc(Cl)cc2c(=O)c3c([nH]c12)CCCC3. The minimum absolute atomic E-state index is 0.166. The first kappa shape index (κ1) is 10.8. The Balaban J connectivity index is 2.44. The summed E-state index contributed by atoms with van der Waals surface area (Å²) >= 11 is 6.03. The van der Waals surface area contributed by atoms with Crippen LogP contribution in [-0.2, 0) is 12.8 Å². The Bertz CT molecular complexity index is 657. The van der Waals surface area contributed by atoms with Crippen LogP contribution in [0.15, 0.2) is 16.9 Å². The van der Waals surface area contributed by atoms with Crippen molar-refractivity contribution in [3.63, 3.8) is 0 Å². The van der Waals surface area contributed by atoms with Gasteiger partial charge in [0.2, 0.25) is 0 Å². The van der Waals surface area contributed by atoms with Crippen molar-refractivity contribution in [3.05, 3.63) is 44.2 Å². The molecule has 0 spiro atoms. The fraction of sp³-hybridized carbons (Fsp3) is 0.357. The van der Waals surface area contributed by atoms with Crippen LogP contribution >= 0.6 is 11.6 Å². The van der Waals surface area contributed by atoms with Crippen molar-refractivity contribution in [3.8, 4) is 0 Å². The van der Waals surface area contributed by atoms with Crippen LogP contribution in [0.1, 0.15) is 29.7 Å². The van der Waals surface area contributed by atoms with Crippen LogP contribution in [0.4, 0.5) is 0 Å². The summed E-state index contributed by atoms with van der Waals surface area (Å²) in [6, 6.07) is 3.67. The minimum atomic E-state index is 0.166. The third-order valence-electron chi connectivity index (χ3n) is 3.56. The zero-order valence-electron chi connectivity index (χ0n) is 9.77. The molecule has 88 valence electrons. The second-order valence-electron chi connectivity index (χ2n) is 4.76. The van der Waals surface area contributed by atoms with Crippen molar-refractivity contribution in [1.29, 1.82) is 0 Å². The number of fused-ring (bicyclic) bond motifs is 2. The summed E-state index contributed by atoms with van der Waals surface area (Å²) < 4.78 is 0. The Morgan fingerprint density at radius 1 is 1.24 bits per heavy atom. The molecule has 17 heavy (non-hydrogen) atoms. The summed E-state index contributed by atoms with van der Waals surface area (Å²) in [7, 11) is 0. The van der Waals surface area contributed by atoms with Gasteiger partial charge in [0.05, 0.1) is 5.52 Å². The van der Waals surface area contributed by atoms with E-state index < -0.39 is 0 Å². The van der Waals surface area contributed by atoms with Crippen LogP contribution in [0.3, 0.4) is 0 Å². The summed E-state index contributed by atoms with van der Waals surface area (Å²) in [6.07, 6.45) is 4.16. The van der Waals surface area contributed by atoms with E-state index in [1.165, 1.54) is 6.42 Å². The molecular formula is C14H14ClNO. The molecule has 3 rings (SSSR count). The summed E-state index contributed by atoms with van der Waals surface area (Å²) in [5, 5.41) is 1.37. The highest BCUT2D eigenvalue weighted by Gasteiger charge is 2.16. The lowest BCUT2D eigenvalue weighted by atomic mass is 9.94. The van der Waals surface area contributed by atoms with E-state index >= 15 is 0 Å². The minimum Gasteiger partial charge on any atom is -0.358 e. The number of benzene rings is 1. The summed E-state index contributed by atoms with van der Waals surface area (Å²) in [4.78, 5) is 15.8. The zero-order chi connectivity index (χ0) is 12.0. The van der Waals surface area contributed by atoms with Gasteiger partial charge in [-0.1, -0.05) is 11.6 Å². The number of aromatic amines is 1. The first-order valence-electron chi connectivity index (χ1n) is 6.00. The van der Waals surface area contributed by atoms with Crippen molar-refractivity contribution in [2.45, 2.75) is 32.6 Å². The average molecular weight is 248 g/mol. The van der Waals surface area contributed by atoms with E-state index in [1.54, 1.807) is 6.07 Å². The van der Waals surface area contributed by atoms with Crippen LogP contribution in [0, 0.1) is 6.92 Å². The predicted octanol–water partition coefficient (Wildman–Crippen LogP) is 3.37. The van der Waals surface area contributed by atoms with Gasteiger partial charge in [-0.25, -0.2) is 0 Å². The molecule has 1 aromatic carbocycles. The lowest BCUT2D eigenvalue weighted by molar-refractivity contribution is 0.667. The number of aromatic nitrogens is 1. The number of halogens is 1. The van der Waals surface area contributed by atoms with Crippen molar-refractivity contribution < 1.29 is 0 Å². The molecule has 1 aliphatic rings. The zero-order valence-corrected chi connectivity index (χ0v) is 10.5.